The molecule has 2 amide bonds. The van der Waals surface area contributed by atoms with Gasteiger partial charge in [0.2, 0.25) is 5.91 Å². The fraction of sp³-hybridized carbons (Fsp3) is 0.556. The van der Waals surface area contributed by atoms with E-state index in [1.165, 1.54) is 5.56 Å². The predicted molar refractivity (Wildman–Crippen MR) is 89.4 cm³/mol. The zero-order valence-corrected chi connectivity index (χ0v) is 14.5. The summed E-state index contributed by atoms with van der Waals surface area (Å²) in [7, 11) is 0. The van der Waals surface area contributed by atoms with Crippen LogP contribution in [0.5, 0.6) is 5.75 Å². The van der Waals surface area contributed by atoms with Crippen molar-refractivity contribution in [2.45, 2.75) is 27.7 Å². The zero-order chi connectivity index (χ0) is 17.0. The molecule has 1 fully saturated rings. The third-order valence-corrected chi connectivity index (χ3v) is 4.12. The van der Waals surface area contributed by atoms with Gasteiger partial charge in [-0.2, -0.15) is 0 Å². The van der Waals surface area contributed by atoms with Crippen LogP contribution in [0.25, 0.3) is 0 Å². The van der Waals surface area contributed by atoms with Crippen LogP contribution in [0.3, 0.4) is 0 Å². The second-order valence-corrected chi connectivity index (χ2v) is 6.42. The van der Waals surface area contributed by atoms with Crippen LogP contribution in [0.2, 0.25) is 0 Å². The topological polar surface area (TPSA) is 49.9 Å². The Morgan fingerprint density at radius 1 is 1.09 bits per heavy atom. The van der Waals surface area contributed by atoms with Crippen molar-refractivity contribution in [3.63, 3.8) is 0 Å². The van der Waals surface area contributed by atoms with Crippen LogP contribution < -0.4 is 4.74 Å². The lowest BCUT2D eigenvalue weighted by atomic mass is 10.1. The Morgan fingerprint density at radius 2 is 1.70 bits per heavy atom. The van der Waals surface area contributed by atoms with E-state index in [-0.39, 0.29) is 24.3 Å². The maximum Gasteiger partial charge on any atom is 0.260 e. The van der Waals surface area contributed by atoms with Gasteiger partial charge >= 0.3 is 0 Å². The predicted octanol–water partition coefficient (Wildman–Crippen LogP) is 2.01. The Labute approximate surface area is 138 Å². The first-order valence-corrected chi connectivity index (χ1v) is 8.15. The number of hydrogen-bond acceptors (Lipinski definition) is 3. The molecule has 0 spiro atoms. The molecule has 5 heteroatoms. The van der Waals surface area contributed by atoms with E-state index < -0.39 is 0 Å². The highest BCUT2D eigenvalue weighted by molar-refractivity contribution is 5.80. The van der Waals surface area contributed by atoms with Crippen molar-refractivity contribution < 1.29 is 14.3 Å². The number of carbonyl (C=O) groups is 2. The summed E-state index contributed by atoms with van der Waals surface area (Å²) in [5, 5.41) is 0. The third kappa shape index (κ3) is 4.47. The number of hydrogen-bond donors (Lipinski definition) is 0. The molecular formula is C18H26N2O3. The van der Waals surface area contributed by atoms with Crippen molar-refractivity contribution in [3.05, 3.63) is 29.3 Å². The molecule has 0 aliphatic carbocycles. The Morgan fingerprint density at radius 3 is 2.26 bits per heavy atom. The normalized spacial score (nSPS) is 15.0. The van der Waals surface area contributed by atoms with E-state index in [0.717, 1.165) is 11.3 Å². The molecule has 1 aliphatic heterocycles. The minimum absolute atomic E-state index is 0.00472. The van der Waals surface area contributed by atoms with E-state index in [0.29, 0.717) is 26.2 Å². The number of piperazine rings is 1. The van der Waals surface area contributed by atoms with Gasteiger partial charge in [-0.15, -0.1) is 0 Å². The van der Waals surface area contributed by atoms with Crippen molar-refractivity contribution >= 4 is 11.8 Å². The maximum atomic E-state index is 12.3. The van der Waals surface area contributed by atoms with Crippen molar-refractivity contribution in [1.82, 2.24) is 9.80 Å². The average molecular weight is 318 g/mol. The van der Waals surface area contributed by atoms with Gasteiger partial charge in [0.1, 0.15) is 5.75 Å². The molecule has 0 saturated carbocycles. The van der Waals surface area contributed by atoms with Gasteiger partial charge in [-0.25, -0.2) is 0 Å². The van der Waals surface area contributed by atoms with Gasteiger partial charge in [0.15, 0.2) is 6.61 Å². The number of aryl methyl sites for hydroxylation is 2. The van der Waals surface area contributed by atoms with Crippen molar-refractivity contribution in [1.29, 1.82) is 0 Å². The van der Waals surface area contributed by atoms with Gasteiger partial charge in [0, 0.05) is 32.1 Å². The second kappa shape index (κ2) is 7.49. The first-order chi connectivity index (χ1) is 10.9. The summed E-state index contributed by atoms with van der Waals surface area (Å²) >= 11 is 0. The number of amides is 2. The third-order valence-electron chi connectivity index (χ3n) is 4.12. The van der Waals surface area contributed by atoms with E-state index in [1.54, 1.807) is 4.90 Å². The second-order valence-electron chi connectivity index (χ2n) is 6.42. The van der Waals surface area contributed by atoms with E-state index in [1.807, 2.05) is 50.8 Å². The van der Waals surface area contributed by atoms with Crippen molar-refractivity contribution in [3.8, 4) is 5.75 Å². The van der Waals surface area contributed by atoms with Crippen LogP contribution in [0.1, 0.15) is 25.0 Å². The summed E-state index contributed by atoms with van der Waals surface area (Å²) in [5.74, 6) is 0.882. The molecule has 1 aliphatic rings. The Bertz CT molecular complexity index is 576. The van der Waals surface area contributed by atoms with Gasteiger partial charge in [-0.3, -0.25) is 9.59 Å². The molecule has 0 bridgehead atoms. The molecular weight excluding hydrogens is 292 g/mol. The lowest BCUT2D eigenvalue weighted by Crippen LogP contribution is -2.52. The van der Waals surface area contributed by atoms with E-state index in [9.17, 15) is 9.59 Å². The van der Waals surface area contributed by atoms with Gasteiger partial charge in [0.05, 0.1) is 0 Å². The molecule has 126 valence electrons. The quantitative estimate of drug-likeness (QED) is 0.853. The molecule has 1 aromatic carbocycles. The summed E-state index contributed by atoms with van der Waals surface area (Å²) in [5.41, 5.74) is 2.21. The number of rotatable bonds is 4. The lowest BCUT2D eigenvalue weighted by Gasteiger charge is -2.35. The number of nitrogens with zero attached hydrogens (tertiary/aromatic N) is 2. The molecule has 23 heavy (non-hydrogen) atoms. The molecule has 5 nitrogen and oxygen atoms in total. The van der Waals surface area contributed by atoms with Crippen LogP contribution in [0.15, 0.2) is 18.2 Å². The van der Waals surface area contributed by atoms with Crippen LogP contribution in [0.4, 0.5) is 0 Å². The lowest BCUT2D eigenvalue weighted by molar-refractivity contribution is -0.142. The Hall–Kier alpha value is -2.04. The molecule has 2 rings (SSSR count). The number of carbonyl (C=O) groups excluding carboxylic acids is 2. The molecule has 1 aromatic rings. The zero-order valence-electron chi connectivity index (χ0n) is 14.5. The first-order valence-electron chi connectivity index (χ1n) is 8.15. The molecule has 0 unspecified atom stereocenters. The van der Waals surface area contributed by atoms with Gasteiger partial charge < -0.3 is 14.5 Å². The Kier molecular flexibility index (Phi) is 5.64. The van der Waals surface area contributed by atoms with Gasteiger partial charge in [-0.05, 0) is 25.5 Å². The fourth-order valence-corrected chi connectivity index (χ4v) is 2.73. The molecule has 0 N–H and O–H groups in total. The summed E-state index contributed by atoms with van der Waals surface area (Å²) in [6, 6.07) is 5.91. The summed E-state index contributed by atoms with van der Waals surface area (Å²) in [4.78, 5) is 27.8. The molecule has 0 radical (unpaired) electrons. The van der Waals surface area contributed by atoms with Crippen LogP contribution in [0, 0.1) is 19.8 Å². The van der Waals surface area contributed by atoms with Crippen LogP contribution in [-0.4, -0.2) is 54.4 Å². The van der Waals surface area contributed by atoms with E-state index in [4.69, 9.17) is 4.74 Å². The van der Waals surface area contributed by atoms with Crippen LogP contribution in [-0.2, 0) is 9.59 Å². The van der Waals surface area contributed by atoms with E-state index in [2.05, 4.69) is 0 Å². The monoisotopic (exact) mass is 318 g/mol. The highest BCUT2D eigenvalue weighted by atomic mass is 16.5. The molecule has 1 heterocycles. The van der Waals surface area contributed by atoms with E-state index >= 15 is 0 Å². The standard InChI is InChI=1S/C18H26N2O3/c1-13(2)18(22)20-9-7-19(8-10-20)17(21)12-23-16-6-5-14(3)11-15(16)4/h5-6,11,13H,7-10,12H2,1-4H3. The average Bonchev–Trinajstić information content (AvgIpc) is 2.53. The molecule has 0 atom stereocenters. The Balaban J connectivity index is 1.82. The smallest absolute Gasteiger partial charge is 0.260 e. The molecule has 1 saturated heterocycles. The summed E-state index contributed by atoms with van der Waals surface area (Å²) in [6.45, 7) is 10.2. The minimum atomic E-state index is -0.0263. The highest BCUT2D eigenvalue weighted by Gasteiger charge is 2.25. The SMILES string of the molecule is Cc1ccc(OCC(=O)N2CCN(C(=O)C(C)C)CC2)c(C)c1. The summed E-state index contributed by atoms with van der Waals surface area (Å²) < 4.78 is 5.65. The number of benzene rings is 1. The fourth-order valence-electron chi connectivity index (χ4n) is 2.73. The van der Waals surface area contributed by atoms with Gasteiger partial charge in [0.25, 0.3) is 5.91 Å². The van der Waals surface area contributed by atoms with Gasteiger partial charge in [-0.1, -0.05) is 31.5 Å². The van der Waals surface area contributed by atoms with Crippen LogP contribution >= 0.6 is 0 Å². The van der Waals surface area contributed by atoms with Crippen molar-refractivity contribution in [2.75, 3.05) is 32.8 Å². The largest absolute Gasteiger partial charge is 0.484 e. The first kappa shape index (κ1) is 17.3. The highest BCUT2D eigenvalue weighted by Crippen LogP contribution is 2.18. The van der Waals surface area contributed by atoms with Crippen molar-refractivity contribution in [2.24, 2.45) is 5.92 Å². The maximum absolute atomic E-state index is 12.3. The summed E-state index contributed by atoms with van der Waals surface area (Å²) in [6.07, 6.45) is 0. The molecule has 0 aromatic heterocycles. The minimum Gasteiger partial charge on any atom is -0.484 e. The number of ether oxygens (including phenoxy) is 1.